The van der Waals surface area contributed by atoms with Crippen molar-refractivity contribution >= 4 is 17.7 Å². The normalized spacial score (nSPS) is 17.4. The van der Waals surface area contributed by atoms with Gasteiger partial charge in [0.2, 0.25) is 0 Å². The quantitative estimate of drug-likeness (QED) is 0.879. The van der Waals surface area contributed by atoms with E-state index in [4.69, 9.17) is 0 Å². The van der Waals surface area contributed by atoms with E-state index in [0.29, 0.717) is 25.9 Å². The first-order valence-corrected chi connectivity index (χ1v) is 7.18. The van der Waals surface area contributed by atoms with Crippen LogP contribution in [0.4, 0.5) is 10.5 Å². The van der Waals surface area contributed by atoms with Crippen LogP contribution in [0.2, 0.25) is 0 Å². The van der Waals surface area contributed by atoms with E-state index < -0.39 is 11.4 Å². The maximum Gasteiger partial charge on any atom is 0.321 e. The molecule has 1 fully saturated rings. The van der Waals surface area contributed by atoms with E-state index >= 15 is 0 Å². The molecule has 5 nitrogen and oxygen atoms in total. The Balaban J connectivity index is 2.00. The largest absolute Gasteiger partial charge is 0.481 e. The summed E-state index contributed by atoms with van der Waals surface area (Å²) in [5.41, 5.74) is 2.21. The molecular formula is C16H22N2O3. The van der Waals surface area contributed by atoms with Gasteiger partial charge in [0.1, 0.15) is 0 Å². The van der Waals surface area contributed by atoms with Crippen molar-refractivity contribution in [2.75, 3.05) is 18.4 Å². The summed E-state index contributed by atoms with van der Waals surface area (Å²) in [6, 6.07) is 5.77. The number of carboxylic acid groups (broad SMARTS) is 1. The van der Waals surface area contributed by atoms with Crippen molar-refractivity contribution in [3.05, 3.63) is 29.3 Å². The smallest absolute Gasteiger partial charge is 0.321 e. The molecule has 0 aromatic heterocycles. The number of amides is 2. The van der Waals surface area contributed by atoms with Crippen LogP contribution >= 0.6 is 0 Å². The minimum Gasteiger partial charge on any atom is -0.481 e. The highest BCUT2D eigenvalue weighted by Gasteiger charge is 2.38. The van der Waals surface area contributed by atoms with Crippen molar-refractivity contribution < 1.29 is 14.7 Å². The fourth-order valence-electron chi connectivity index (χ4n) is 2.48. The van der Waals surface area contributed by atoms with Crippen LogP contribution in [0.15, 0.2) is 18.2 Å². The van der Waals surface area contributed by atoms with E-state index in [9.17, 15) is 14.7 Å². The highest BCUT2D eigenvalue weighted by molar-refractivity contribution is 5.90. The van der Waals surface area contributed by atoms with Gasteiger partial charge in [0, 0.05) is 18.8 Å². The molecule has 0 aliphatic carbocycles. The average molecular weight is 290 g/mol. The Kier molecular flexibility index (Phi) is 4.21. The number of benzene rings is 1. The van der Waals surface area contributed by atoms with Crippen LogP contribution in [0.5, 0.6) is 0 Å². The van der Waals surface area contributed by atoms with Gasteiger partial charge in [-0.15, -0.1) is 0 Å². The molecule has 2 N–H and O–H groups in total. The molecule has 1 heterocycles. The number of aliphatic carboxylic acids is 1. The maximum absolute atomic E-state index is 12.3. The summed E-state index contributed by atoms with van der Waals surface area (Å²) >= 11 is 0. The number of hydrogen-bond donors (Lipinski definition) is 2. The monoisotopic (exact) mass is 290 g/mol. The molecule has 1 aromatic carbocycles. The zero-order valence-corrected chi connectivity index (χ0v) is 12.8. The Hall–Kier alpha value is -2.04. The Morgan fingerprint density at radius 1 is 1.24 bits per heavy atom. The summed E-state index contributed by atoms with van der Waals surface area (Å²) < 4.78 is 0. The van der Waals surface area contributed by atoms with Gasteiger partial charge in [0.25, 0.3) is 0 Å². The molecule has 0 atom stereocenters. The van der Waals surface area contributed by atoms with Crippen molar-refractivity contribution in [1.29, 1.82) is 0 Å². The maximum atomic E-state index is 12.3. The third-order valence-corrected chi connectivity index (χ3v) is 4.31. The summed E-state index contributed by atoms with van der Waals surface area (Å²) in [5, 5.41) is 12.1. The Morgan fingerprint density at radius 3 is 2.43 bits per heavy atom. The standard InChI is InChI=1S/C16H22N2O3/c1-11-4-5-12(2)13(10-11)17-15(21)18-8-6-16(3,7-9-18)14(19)20/h4-5,10H,6-9H2,1-3H3,(H,17,21)(H,19,20). The third kappa shape index (κ3) is 3.35. The first-order chi connectivity index (χ1) is 9.82. The summed E-state index contributed by atoms with van der Waals surface area (Å²) in [4.78, 5) is 25.2. The van der Waals surface area contributed by atoms with Crippen LogP contribution in [-0.2, 0) is 4.79 Å². The van der Waals surface area contributed by atoms with Gasteiger partial charge in [-0.25, -0.2) is 4.79 Å². The van der Waals surface area contributed by atoms with E-state index in [0.717, 1.165) is 16.8 Å². The second-order valence-corrected chi connectivity index (χ2v) is 6.10. The van der Waals surface area contributed by atoms with Crippen molar-refractivity contribution in [2.24, 2.45) is 5.41 Å². The minimum atomic E-state index is -0.780. The third-order valence-electron chi connectivity index (χ3n) is 4.31. The Morgan fingerprint density at radius 2 is 1.86 bits per heavy atom. The summed E-state index contributed by atoms with van der Waals surface area (Å²) in [6.45, 7) is 6.62. The molecule has 0 bridgehead atoms. The first kappa shape index (κ1) is 15.4. The lowest BCUT2D eigenvalue weighted by Crippen LogP contribution is -2.46. The highest BCUT2D eigenvalue weighted by atomic mass is 16.4. The molecular weight excluding hydrogens is 268 g/mol. The number of hydrogen-bond acceptors (Lipinski definition) is 2. The number of carboxylic acids is 1. The molecule has 114 valence electrons. The molecule has 1 aliphatic rings. The number of nitrogens with one attached hydrogen (secondary N) is 1. The van der Waals surface area contributed by atoms with Gasteiger partial charge in [0.15, 0.2) is 0 Å². The van der Waals surface area contributed by atoms with Gasteiger partial charge in [-0.3, -0.25) is 4.79 Å². The van der Waals surface area contributed by atoms with Gasteiger partial charge < -0.3 is 15.3 Å². The van der Waals surface area contributed by atoms with Crippen LogP contribution in [0, 0.1) is 19.3 Å². The van der Waals surface area contributed by atoms with E-state index in [1.54, 1.807) is 11.8 Å². The number of anilines is 1. The van der Waals surface area contributed by atoms with E-state index in [2.05, 4.69) is 5.32 Å². The molecule has 0 spiro atoms. The summed E-state index contributed by atoms with van der Waals surface area (Å²) in [5.74, 6) is -0.780. The molecule has 5 heteroatoms. The van der Waals surface area contributed by atoms with Crippen LogP contribution < -0.4 is 5.32 Å². The number of rotatable bonds is 2. The molecule has 1 aliphatic heterocycles. The molecule has 0 unspecified atom stereocenters. The average Bonchev–Trinajstić information content (AvgIpc) is 2.43. The van der Waals surface area contributed by atoms with Crippen molar-refractivity contribution in [3.63, 3.8) is 0 Å². The number of nitrogens with zero attached hydrogens (tertiary/aromatic N) is 1. The fraction of sp³-hybridized carbons (Fsp3) is 0.500. The molecule has 2 rings (SSSR count). The Bertz CT molecular complexity index is 561. The predicted octanol–water partition coefficient (Wildman–Crippen LogP) is 3.02. The molecule has 1 aromatic rings. The lowest BCUT2D eigenvalue weighted by atomic mass is 9.80. The topological polar surface area (TPSA) is 69.6 Å². The molecule has 1 saturated heterocycles. The van der Waals surface area contributed by atoms with E-state index in [1.165, 1.54) is 0 Å². The zero-order chi connectivity index (χ0) is 15.6. The van der Waals surface area contributed by atoms with Gasteiger partial charge in [-0.05, 0) is 50.8 Å². The molecule has 0 radical (unpaired) electrons. The van der Waals surface area contributed by atoms with E-state index in [1.807, 2.05) is 32.0 Å². The second-order valence-electron chi connectivity index (χ2n) is 6.10. The number of urea groups is 1. The number of likely N-dealkylation sites (tertiary alicyclic amines) is 1. The molecule has 21 heavy (non-hydrogen) atoms. The first-order valence-electron chi connectivity index (χ1n) is 7.18. The fourth-order valence-corrected chi connectivity index (χ4v) is 2.48. The Labute approximate surface area is 125 Å². The zero-order valence-electron chi connectivity index (χ0n) is 12.8. The predicted molar refractivity (Wildman–Crippen MR) is 81.5 cm³/mol. The SMILES string of the molecule is Cc1ccc(C)c(NC(=O)N2CCC(C)(C(=O)O)CC2)c1. The van der Waals surface area contributed by atoms with Crippen LogP contribution in [0.1, 0.15) is 30.9 Å². The van der Waals surface area contributed by atoms with Gasteiger partial charge in [-0.2, -0.15) is 0 Å². The minimum absolute atomic E-state index is 0.156. The van der Waals surface area contributed by atoms with Gasteiger partial charge in [-0.1, -0.05) is 12.1 Å². The van der Waals surface area contributed by atoms with Gasteiger partial charge in [0.05, 0.1) is 5.41 Å². The van der Waals surface area contributed by atoms with Gasteiger partial charge >= 0.3 is 12.0 Å². The second kappa shape index (κ2) is 5.76. The van der Waals surface area contributed by atoms with Crippen LogP contribution in [0.25, 0.3) is 0 Å². The van der Waals surface area contributed by atoms with E-state index in [-0.39, 0.29) is 6.03 Å². The molecule has 2 amide bonds. The number of carbonyl (C=O) groups excluding carboxylic acids is 1. The lowest BCUT2D eigenvalue weighted by Gasteiger charge is -2.36. The van der Waals surface area contributed by atoms with Crippen molar-refractivity contribution in [1.82, 2.24) is 4.90 Å². The number of piperidine rings is 1. The van der Waals surface area contributed by atoms with Crippen molar-refractivity contribution in [3.8, 4) is 0 Å². The highest BCUT2D eigenvalue weighted by Crippen LogP contribution is 2.31. The van der Waals surface area contributed by atoms with Crippen molar-refractivity contribution in [2.45, 2.75) is 33.6 Å². The lowest BCUT2D eigenvalue weighted by molar-refractivity contribution is -0.150. The van der Waals surface area contributed by atoms with Crippen LogP contribution in [0.3, 0.4) is 0 Å². The summed E-state index contributed by atoms with van der Waals surface area (Å²) in [7, 11) is 0. The summed E-state index contributed by atoms with van der Waals surface area (Å²) in [6.07, 6.45) is 0.977. The molecule has 0 saturated carbocycles. The number of aryl methyl sites for hydroxylation is 2. The number of carbonyl (C=O) groups is 2. The van der Waals surface area contributed by atoms with Crippen LogP contribution in [-0.4, -0.2) is 35.1 Å².